The fraction of sp³-hybridized carbons (Fsp3) is 0.191. The maximum Gasteiger partial charge on any atom is 0.0576 e. The predicted molar refractivity (Wildman–Crippen MR) is 210 cm³/mol. The molecule has 0 aliphatic heterocycles. The van der Waals surface area contributed by atoms with Crippen LogP contribution < -0.4 is 20.2 Å². The number of hydrogen-bond donors (Lipinski definition) is 0. The Morgan fingerprint density at radius 2 is 0.673 bits per heavy atom. The van der Waals surface area contributed by atoms with E-state index in [1.807, 2.05) is 0 Å². The van der Waals surface area contributed by atoms with Crippen LogP contribution in [0.25, 0.3) is 11.4 Å². The molecule has 5 aromatic rings. The average Bonchev–Trinajstić information content (AvgIpc) is 3.40. The first kappa shape index (κ1) is 32.2. The standard InChI is InChI=1S/C47H46N2/c1-30-17-21-40(25-34(30)5)48(41-22-18-31(2)35(6)26-41)46-38-13-9-10-14-39(29-38)47(45-16-12-11-15-44(45)46)49(42-23-19-32(3)36(7)27-42)43-24-20-33(4)37(8)28-43/h9-28H,29H2,1-8H3. The van der Waals surface area contributed by atoms with Gasteiger partial charge in [-0.15, -0.1) is 0 Å². The van der Waals surface area contributed by atoms with Gasteiger partial charge in [0.05, 0.1) is 11.4 Å². The summed E-state index contributed by atoms with van der Waals surface area (Å²) < 4.78 is 0. The Labute approximate surface area is 292 Å². The molecule has 0 unspecified atom stereocenters. The van der Waals surface area contributed by atoms with Crippen molar-refractivity contribution in [3.8, 4) is 0 Å². The number of hydrogen-bond acceptors (Lipinski definition) is 2. The Balaban J connectivity index is 1.65. The third-order valence-electron chi connectivity index (χ3n) is 10.6. The van der Waals surface area contributed by atoms with Crippen molar-refractivity contribution in [3.63, 3.8) is 0 Å². The smallest absolute Gasteiger partial charge is 0.0576 e. The number of benzene rings is 5. The normalized spacial score (nSPS) is 13.7. The summed E-state index contributed by atoms with van der Waals surface area (Å²) >= 11 is 0. The van der Waals surface area contributed by atoms with Crippen LogP contribution in [0.5, 0.6) is 0 Å². The van der Waals surface area contributed by atoms with Gasteiger partial charge >= 0.3 is 0 Å². The van der Waals surface area contributed by atoms with E-state index in [2.05, 4.69) is 187 Å². The van der Waals surface area contributed by atoms with Crippen molar-refractivity contribution in [2.75, 3.05) is 9.80 Å². The first-order chi connectivity index (χ1) is 23.6. The van der Waals surface area contributed by atoms with Gasteiger partial charge in [0, 0.05) is 39.6 Å². The molecule has 0 heterocycles. The summed E-state index contributed by atoms with van der Waals surface area (Å²) in [4.78, 5) is 5.00. The van der Waals surface area contributed by atoms with Crippen LogP contribution in [0.2, 0.25) is 0 Å². The van der Waals surface area contributed by atoms with E-state index in [0.29, 0.717) is 0 Å². The fourth-order valence-corrected chi connectivity index (χ4v) is 7.04. The van der Waals surface area contributed by atoms with Crippen LogP contribution in [0, 0.1) is 55.4 Å². The maximum absolute atomic E-state index is 2.50. The van der Waals surface area contributed by atoms with Crippen molar-refractivity contribution < 1.29 is 0 Å². The molecule has 2 bridgehead atoms. The van der Waals surface area contributed by atoms with Crippen molar-refractivity contribution in [3.05, 3.63) is 187 Å². The Hall–Kier alpha value is -5.34. The minimum atomic E-state index is 0.796. The molecule has 244 valence electrons. The lowest BCUT2D eigenvalue weighted by Crippen LogP contribution is -2.36. The molecule has 2 heteroatoms. The van der Waals surface area contributed by atoms with E-state index in [-0.39, 0.29) is 0 Å². The Kier molecular flexibility index (Phi) is 8.50. The van der Waals surface area contributed by atoms with Crippen molar-refractivity contribution >= 4 is 34.1 Å². The molecule has 7 rings (SSSR count). The summed E-state index contributed by atoms with van der Waals surface area (Å²) in [6, 6.07) is 36.6. The minimum absolute atomic E-state index is 0.796. The molecule has 2 aliphatic rings. The second-order valence-corrected chi connectivity index (χ2v) is 13.9. The fourth-order valence-electron chi connectivity index (χ4n) is 7.04. The van der Waals surface area contributed by atoms with Crippen LogP contribution in [0.3, 0.4) is 0 Å². The van der Waals surface area contributed by atoms with Crippen molar-refractivity contribution in [1.29, 1.82) is 0 Å². The highest BCUT2D eigenvalue weighted by atomic mass is 15.2. The number of rotatable bonds is 6. The molecule has 0 atom stereocenters. The molecule has 0 saturated heterocycles. The van der Waals surface area contributed by atoms with E-state index in [1.54, 1.807) is 0 Å². The summed E-state index contributed by atoms with van der Waals surface area (Å²) in [5.41, 5.74) is 20.0. The quantitative estimate of drug-likeness (QED) is 0.183. The first-order valence-electron chi connectivity index (χ1n) is 17.4. The molecule has 0 aromatic heterocycles. The van der Waals surface area contributed by atoms with E-state index >= 15 is 0 Å². The van der Waals surface area contributed by atoms with Crippen molar-refractivity contribution in [1.82, 2.24) is 0 Å². The zero-order valence-corrected chi connectivity index (χ0v) is 30.1. The van der Waals surface area contributed by atoms with Gasteiger partial charge < -0.3 is 9.80 Å². The van der Waals surface area contributed by atoms with Crippen molar-refractivity contribution in [2.45, 2.75) is 61.8 Å². The summed E-state index contributed by atoms with van der Waals surface area (Å²) in [7, 11) is 0. The molecule has 0 spiro atoms. The summed E-state index contributed by atoms with van der Waals surface area (Å²) in [5, 5.41) is 2.44. The molecular formula is C47H46N2. The Morgan fingerprint density at radius 3 is 0.959 bits per heavy atom. The number of nitrogens with zero attached hydrogens (tertiary/aromatic N) is 2. The second-order valence-electron chi connectivity index (χ2n) is 13.9. The van der Waals surface area contributed by atoms with Crippen molar-refractivity contribution in [2.24, 2.45) is 0 Å². The predicted octanol–water partition coefficient (Wildman–Crippen LogP) is 10.9. The first-order valence-corrected chi connectivity index (χ1v) is 17.4. The second kappa shape index (κ2) is 12.9. The zero-order valence-electron chi connectivity index (χ0n) is 30.1. The number of allylic oxidation sites excluding steroid dienone is 4. The maximum atomic E-state index is 2.50. The largest absolute Gasteiger partial charge is 0.310 e. The van der Waals surface area contributed by atoms with Gasteiger partial charge in [0.1, 0.15) is 0 Å². The van der Waals surface area contributed by atoms with Crippen LogP contribution >= 0.6 is 0 Å². The molecule has 0 saturated carbocycles. The molecule has 5 aromatic carbocycles. The number of fused-ring (bicyclic) bond motifs is 3. The number of anilines is 4. The van der Waals surface area contributed by atoms with Crippen LogP contribution in [-0.4, -0.2) is 0 Å². The molecule has 0 fully saturated rings. The van der Waals surface area contributed by atoms with E-state index in [4.69, 9.17) is 0 Å². The molecule has 0 radical (unpaired) electrons. The average molecular weight is 639 g/mol. The number of aryl methyl sites for hydroxylation is 8. The third kappa shape index (κ3) is 5.97. The van der Waals surface area contributed by atoms with Gasteiger partial charge in [-0.2, -0.15) is 0 Å². The lowest BCUT2D eigenvalue weighted by Gasteiger charge is -2.31. The summed E-state index contributed by atoms with van der Waals surface area (Å²) in [6.07, 6.45) is 9.87. The van der Waals surface area contributed by atoms with E-state index in [9.17, 15) is 0 Å². The van der Waals surface area contributed by atoms with Gasteiger partial charge in [-0.05, 0) is 160 Å². The van der Waals surface area contributed by atoms with Crippen LogP contribution in [0.4, 0.5) is 22.7 Å². The lowest BCUT2D eigenvalue weighted by atomic mass is 9.98. The Morgan fingerprint density at radius 1 is 0.367 bits per heavy atom. The van der Waals surface area contributed by atoms with Crippen LogP contribution in [0.15, 0.2) is 133 Å². The molecule has 0 amide bonds. The molecule has 2 nitrogen and oxygen atoms in total. The highest BCUT2D eigenvalue weighted by Gasteiger charge is 2.29. The van der Waals surface area contributed by atoms with Gasteiger partial charge in [0.25, 0.3) is 0 Å². The molecule has 2 aliphatic carbocycles. The monoisotopic (exact) mass is 638 g/mol. The summed E-state index contributed by atoms with van der Waals surface area (Å²) in [6.45, 7) is 17.6. The molecule has 0 N–H and O–H groups in total. The van der Waals surface area contributed by atoms with Gasteiger partial charge in [-0.3, -0.25) is 0 Å². The van der Waals surface area contributed by atoms with Gasteiger partial charge in [0.2, 0.25) is 0 Å². The SMILES string of the molecule is Cc1ccc(N(C2=c3ccccc3=C(N(c3ccc(C)c(C)c3)c3ccc(C)c(C)c3)C3=CC=CC=C2C3)c2ccc(C)c(C)c2)cc1C. The van der Waals surface area contributed by atoms with Gasteiger partial charge in [-0.1, -0.05) is 72.8 Å². The van der Waals surface area contributed by atoms with Gasteiger partial charge in [-0.25, -0.2) is 0 Å². The highest BCUT2D eigenvalue weighted by molar-refractivity contribution is 5.94. The van der Waals surface area contributed by atoms with Gasteiger partial charge in [0.15, 0.2) is 0 Å². The lowest BCUT2D eigenvalue weighted by molar-refractivity contribution is 1.15. The topological polar surface area (TPSA) is 6.48 Å². The summed E-state index contributed by atoms with van der Waals surface area (Å²) in [5.74, 6) is 0. The molecule has 49 heavy (non-hydrogen) atoms. The van der Waals surface area contributed by atoms with E-state index in [0.717, 1.165) is 6.42 Å². The minimum Gasteiger partial charge on any atom is -0.310 e. The molecular weight excluding hydrogens is 593 g/mol. The van der Waals surface area contributed by atoms with E-state index < -0.39 is 0 Å². The van der Waals surface area contributed by atoms with Crippen LogP contribution in [-0.2, 0) is 0 Å². The Bertz CT molecular complexity index is 2080. The van der Waals surface area contributed by atoms with E-state index in [1.165, 1.54) is 100 Å². The zero-order chi connectivity index (χ0) is 34.4. The highest BCUT2D eigenvalue weighted by Crippen LogP contribution is 2.42. The third-order valence-corrected chi connectivity index (χ3v) is 10.6. The van der Waals surface area contributed by atoms with Crippen LogP contribution in [0.1, 0.15) is 50.9 Å².